The first-order valence-electron chi connectivity index (χ1n) is 10.7. The molecule has 168 valence electrons. The van der Waals surface area contributed by atoms with Crippen molar-refractivity contribution in [2.75, 3.05) is 19.0 Å². The van der Waals surface area contributed by atoms with Crippen molar-refractivity contribution >= 4 is 28.4 Å². The van der Waals surface area contributed by atoms with Crippen molar-refractivity contribution in [3.8, 4) is 11.5 Å². The van der Waals surface area contributed by atoms with Gasteiger partial charge < -0.3 is 14.6 Å². The number of para-hydroxylation sites is 1. The van der Waals surface area contributed by atoms with Crippen LogP contribution < -0.4 is 15.0 Å². The summed E-state index contributed by atoms with van der Waals surface area (Å²) in [6, 6.07) is 14.7. The largest absolute Gasteiger partial charge is 0.494 e. The number of ether oxygens (including phenoxy) is 2. The van der Waals surface area contributed by atoms with Crippen LogP contribution in [0.5, 0.6) is 11.5 Å². The fourth-order valence-corrected chi connectivity index (χ4v) is 4.31. The van der Waals surface area contributed by atoms with E-state index < -0.39 is 6.10 Å². The van der Waals surface area contributed by atoms with Crippen LogP contribution in [0.4, 0.5) is 0 Å². The Kier molecular flexibility index (Phi) is 6.96. The number of hydrogen-bond acceptors (Lipinski definition) is 7. The number of hydrogen-bond donors (Lipinski definition) is 1. The third-order valence-corrected chi connectivity index (χ3v) is 5.98. The average Bonchev–Trinajstić information content (AvgIpc) is 3.24. The highest BCUT2D eigenvalue weighted by Gasteiger charge is 2.17. The summed E-state index contributed by atoms with van der Waals surface area (Å²) in [5, 5.41) is 20.2. The van der Waals surface area contributed by atoms with Gasteiger partial charge in [-0.1, -0.05) is 30.8 Å². The Balaban J connectivity index is 1.49. The molecule has 8 nitrogen and oxygen atoms in total. The Morgan fingerprint density at radius 2 is 1.75 bits per heavy atom. The van der Waals surface area contributed by atoms with Gasteiger partial charge in [-0.05, 0) is 49.7 Å². The Morgan fingerprint density at radius 1 is 1.03 bits per heavy atom. The zero-order valence-corrected chi connectivity index (χ0v) is 18.9. The molecule has 2 aromatic carbocycles. The second kappa shape index (κ2) is 10.1. The first-order chi connectivity index (χ1) is 15.6. The van der Waals surface area contributed by atoms with Crippen molar-refractivity contribution < 1.29 is 14.6 Å². The summed E-state index contributed by atoms with van der Waals surface area (Å²) in [5.74, 6) is 2.33. The van der Waals surface area contributed by atoms with E-state index in [1.165, 1.54) is 11.8 Å². The fraction of sp³-hybridized carbons (Fsp3) is 0.348. The summed E-state index contributed by atoms with van der Waals surface area (Å²) in [7, 11) is 0. The van der Waals surface area contributed by atoms with Gasteiger partial charge in [-0.25, -0.2) is 0 Å². The second-order valence-electron chi connectivity index (χ2n) is 7.27. The number of nitrogens with zero attached hydrogens (tertiary/aromatic N) is 4. The van der Waals surface area contributed by atoms with E-state index in [2.05, 4.69) is 10.2 Å². The molecular weight excluding hydrogens is 428 g/mol. The number of fused-ring (bicyclic) bond motifs is 3. The summed E-state index contributed by atoms with van der Waals surface area (Å²) in [6.45, 7) is 5.28. The SMILES string of the molecule is CCCn1c(=O)c2ccccc2n2c(SCC(O)COc3ccc(OCC)cc3)nnc12. The lowest BCUT2D eigenvalue weighted by Crippen LogP contribution is -2.23. The molecular formula is C23H26N4O4S. The lowest BCUT2D eigenvalue weighted by Gasteiger charge is -2.13. The molecule has 9 heteroatoms. The molecule has 32 heavy (non-hydrogen) atoms. The molecule has 0 saturated carbocycles. The van der Waals surface area contributed by atoms with Crippen molar-refractivity contribution in [2.45, 2.75) is 38.1 Å². The minimum absolute atomic E-state index is 0.0670. The summed E-state index contributed by atoms with van der Waals surface area (Å²) in [5.41, 5.74) is 0.690. The van der Waals surface area contributed by atoms with Gasteiger partial charge in [0.15, 0.2) is 5.16 Å². The summed E-state index contributed by atoms with van der Waals surface area (Å²) in [6.07, 6.45) is 0.108. The summed E-state index contributed by atoms with van der Waals surface area (Å²) in [4.78, 5) is 12.9. The maximum atomic E-state index is 12.9. The van der Waals surface area contributed by atoms with E-state index in [1.54, 1.807) is 4.57 Å². The van der Waals surface area contributed by atoms with E-state index in [9.17, 15) is 9.90 Å². The Hall–Kier alpha value is -3.04. The van der Waals surface area contributed by atoms with E-state index in [0.717, 1.165) is 17.7 Å². The molecule has 2 heterocycles. The molecule has 0 amide bonds. The number of thioether (sulfide) groups is 1. The van der Waals surface area contributed by atoms with Crippen LogP contribution in [0.2, 0.25) is 0 Å². The number of aliphatic hydroxyl groups is 1. The maximum Gasteiger partial charge on any atom is 0.262 e. The Morgan fingerprint density at radius 3 is 2.47 bits per heavy atom. The van der Waals surface area contributed by atoms with Crippen molar-refractivity contribution in [2.24, 2.45) is 0 Å². The highest BCUT2D eigenvalue weighted by molar-refractivity contribution is 7.99. The van der Waals surface area contributed by atoms with Crippen molar-refractivity contribution in [1.82, 2.24) is 19.2 Å². The third kappa shape index (κ3) is 4.58. The predicted molar refractivity (Wildman–Crippen MR) is 125 cm³/mol. The highest BCUT2D eigenvalue weighted by Crippen LogP contribution is 2.23. The molecule has 0 fully saturated rings. The van der Waals surface area contributed by atoms with E-state index in [0.29, 0.717) is 41.0 Å². The molecule has 1 N–H and O–H groups in total. The monoisotopic (exact) mass is 454 g/mol. The molecule has 0 bridgehead atoms. The number of rotatable bonds is 10. The van der Waals surface area contributed by atoms with Crippen LogP contribution in [-0.4, -0.2) is 49.3 Å². The third-order valence-electron chi connectivity index (χ3n) is 4.91. The van der Waals surface area contributed by atoms with Crippen molar-refractivity contribution in [3.63, 3.8) is 0 Å². The number of aryl methyl sites for hydroxylation is 1. The van der Waals surface area contributed by atoms with Gasteiger partial charge in [-0.3, -0.25) is 13.8 Å². The van der Waals surface area contributed by atoms with Crippen LogP contribution in [0.1, 0.15) is 20.3 Å². The first-order valence-corrected chi connectivity index (χ1v) is 11.6. The van der Waals surface area contributed by atoms with Crippen LogP contribution in [0.15, 0.2) is 58.5 Å². The predicted octanol–water partition coefficient (Wildman–Crippen LogP) is 3.38. The minimum Gasteiger partial charge on any atom is -0.494 e. The lowest BCUT2D eigenvalue weighted by molar-refractivity contribution is 0.126. The molecule has 4 rings (SSSR count). The van der Waals surface area contributed by atoms with Gasteiger partial charge in [0.25, 0.3) is 5.56 Å². The number of benzene rings is 2. The van der Waals surface area contributed by atoms with Gasteiger partial charge in [0.05, 0.1) is 23.6 Å². The topological polar surface area (TPSA) is 90.9 Å². The van der Waals surface area contributed by atoms with Crippen LogP contribution in [-0.2, 0) is 6.54 Å². The van der Waals surface area contributed by atoms with Gasteiger partial charge in [-0.2, -0.15) is 0 Å². The Bertz CT molecular complexity index is 1250. The molecule has 0 aliphatic rings. The molecule has 0 saturated heterocycles. The molecule has 1 unspecified atom stereocenters. The van der Waals surface area contributed by atoms with E-state index >= 15 is 0 Å². The zero-order valence-electron chi connectivity index (χ0n) is 18.1. The van der Waals surface area contributed by atoms with Gasteiger partial charge in [0.2, 0.25) is 5.78 Å². The molecule has 1 atom stereocenters. The molecule has 0 radical (unpaired) electrons. The van der Waals surface area contributed by atoms with Crippen LogP contribution in [0.25, 0.3) is 16.7 Å². The lowest BCUT2D eigenvalue weighted by atomic mass is 10.2. The van der Waals surface area contributed by atoms with Gasteiger partial charge in [0.1, 0.15) is 18.1 Å². The van der Waals surface area contributed by atoms with Crippen LogP contribution >= 0.6 is 11.8 Å². The van der Waals surface area contributed by atoms with Gasteiger partial charge in [0, 0.05) is 12.3 Å². The standard InChI is InChI=1S/C23H26N4O4S/c1-3-13-26-21(29)19-7-5-6-8-20(19)27-22(26)24-25-23(27)32-15-16(28)14-31-18-11-9-17(10-12-18)30-4-2/h5-12,16,28H,3-4,13-15H2,1-2H3. The van der Waals surface area contributed by atoms with Crippen LogP contribution in [0.3, 0.4) is 0 Å². The van der Waals surface area contributed by atoms with Gasteiger partial charge >= 0.3 is 0 Å². The van der Waals surface area contributed by atoms with Crippen molar-refractivity contribution in [1.29, 1.82) is 0 Å². The smallest absolute Gasteiger partial charge is 0.262 e. The Labute approximate surface area is 189 Å². The number of aliphatic hydroxyl groups excluding tert-OH is 1. The summed E-state index contributed by atoms with van der Waals surface area (Å²) >= 11 is 1.38. The minimum atomic E-state index is -0.702. The van der Waals surface area contributed by atoms with Gasteiger partial charge in [-0.15, -0.1) is 10.2 Å². The molecule has 0 aliphatic carbocycles. The van der Waals surface area contributed by atoms with E-state index in [-0.39, 0.29) is 12.2 Å². The quantitative estimate of drug-likeness (QED) is 0.367. The highest BCUT2D eigenvalue weighted by atomic mass is 32.2. The number of aromatic nitrogens is 4. The van der Waals surface area contributed by atoms with Crippen molar-refractivity contribution in [3.05, 3.63) is 58.9 Å². The maximum absolute atomic E-state index is 12.9. The average molecular weight is 455 g/mol. The zero-order chi connectivity index (χ0) is 22.5. The normalized spacial score (nSPS) is 12.3. The van der Waals surface area contributed by atoms with Crippen LogP contribution in [0, 0.1) is 0 Å². The first kappa shape index (κ1) is 22.2. The molecule has 0 aliphatic heterocycles. The second-order valence-corrected chi connectivity index (χ2v) is 8.26. The summed E-state index contributed by atoms with van der Waals surface area (Å²) < 4.78 is 14.7. The molecule has 4 aromatic rings. The van der Waals surface area contributed by atoms with E-state index in [4.69, 9.17) is 9.47 Å². The molecule has 2 aromatic heterocycles. The fourth-order valence-electron chi connectivity index (χ4n) is 3.46. The molecule has 0 spiro atoms. The van der Waals surface area contributed by atoms with E-state index in [1.807, 2.05) is 66.8 Å².